The van der Waals surface area contributed by atoms with Crippen molar-refractivity contribution in [2.45, 2.75) is 11.8 Å². The van der Waals surface area contributed by atoms with Crippen molar-refractivity contribution in [2.75, 3.05) is 0 Å². The number of H-pyrrole nitrogens is 1. The zero-order valence-electron chi connectivity index (χ0n) is 7.17. The Bertz CT molecular complexity index is 446. The van der Waals surface area contributed by atoms with E-state index in [1.165, 1.54) is 0 Å². The Morgan fingerprint density at radius 2 is 2.20 bits per heavy atom. The topological polar surface area (TPSA) is 76.0 Å². The molecule has 0 fully saturated rings. The molecule has 0 bridgehead atoms. The van der Waals surface area contributed by atoms with Crippen LogP contribution in [-0.2, 0) is 5.33 Å². The first-order chi connectivity index (χ1) is 6.97. The van der Waals surface area contributed by atoms with E-state index in [4.69, 9.17) is 0 Å². The molecular weight excluding hydrogens is 278 g/mol. The molecule has 0 saturated carbocycles. The summed E-state index contributed by atoms with van der Waals surface area (Å²) in [6, 6.07) is 0.830. The molecule has 1 rings (SSSR count). The molecule has 0 aliphatic heterocycles. The van der Waals surface area contributed by atoms with E-state index in [-0.39, 0.29) is 10.9 Å². The maximum atomic E-state index is 12.4. The van der Waals surface area contributed by atoms with Crippen molar-refractivity contribution in [3.8, 4) is 0 Å². The Morgan fingerprint density at radius 1 is 1.60 bits per heavy atom. The fraction of sp³-hybridized carbons (Fsp3) is 0.286. The monoisotopic (exact) mass is 282 g/mol. The molecule has 0 aromatic carbocycles. The van der Waals surface area contributed by atoms with Crippen LogP contribution in [0.2, 0.25) is 0 Å². The minimum absolute atomic E-state index is 0.0240. The zero-order valence-corrected chi connectivity index (χ0v) is 8.75. The highest BCUT2D eigenvalue weighted by molar-refractivity contribution is 9.08. The van der Waals surface area contributed by atoms with Gasteiger partial charge in [-0.1, -0.05) is 15.9 Å². The Kier molecular flexibility index (Phi) is 3.51. The predicted molar refractivity (Wildman–Crippen MR) is 51.3 cm³/mol. The highest BCUT2D eigenvalue weighted by Crippen LogP contribution is 2.26. The SMILES string of the molecule is O=c1[nH]c([N+](=O)[O-])c(C(F)F)cc1CBr. The number of nitrogens with zero attached hydrogens (tertiary/aromatic N) is 1. The van der Waals surface area contributed by atoms with Gasteiger partial charge in [-0.3, -0.25) is 0 Å². The molecule has 82 valence electrons. The molecule has 0 radical (unpaired) electrons. The minimum atomic E-state index is -3.00. The third kappa shape index (κ3) is 2.38. The summed E-state index contributed by atoms with van der Waals surface area (Å²) < 4.78 is 24.8. The molecule has 0 spiro atoms. The summed E-state index contributed by atoms with van der Waals surface area (Å²) in [5, 5.41) is 10.4. The second-order valence-electron chi connectivity index (χ2n) is 2.62. The number of alkyl halides is 3. The van der Waals surface area contributed by atoms with Crippen molar-refractivity contribution in [3.63, 3.8) is 0 Å². The molecule has 15 heavy (non-hydrogen) atoms. The molecule has 0 atom stereocenters. The van der Waals surface area contributed by atoms with Crippen LogP contribution in [0.4, 0.5) is 14.6 Å². The Balaban J connectivity index is 3.46. The lowest BCUT2D eigenvalue weighted by Crippen LogP contribution is -2.15. The lowest BCUT2D eigenvalue weighted by atomic mass is 10.2. The molecule has 0 aliphatic carbocycles. The third-order valence-electron chi connectivity index (χ3n) is 1.69. The summed E-state index contributed by atoms with van der Waals surface area (Å²) in [6.07, 6.45) is -3.00. The van der Waals surface area contributed by atoms with Crippen molar-refractivity contribution < 1.29 is 13.7 Å². The fourth-order valence-electron chi connectivity index (χ4n) is 0.998. The van der Waals surface area contributed by atoms with Gasteiger partial charge in [-0.15, -0.1) is 0 Å². The van der Waals surface area contributed by atoms with Crippen LogP contribution in [0.3, 0.4) is 0 Å². The van der Waals surface area contributed by atoms with E-state index in [2.05, 4.69) is 15.9 Å². The maximum Gasteiger partial charge on any atom is 0.335 e. The van der Waals surface area contributed by atoms with Crippen LogP contribution in [0.1, 0.15) is 17.6 Å². The molecule has 5 nitrogen and oxygen atoms in total. The molecule has 8 heteroatoms. The molecule has 1 heterocycles. The molecule has 0 unspecified atom stereocenters. The van der Waals surface area contributed by atoms with Crippen LogP contribution in [-0.4, -0.2) is 9.91 Å². The van der Waals surface area contributed by atoms with Gasteiger partial charge < -0.3 is 10.1 Å². The van der Waals surface area contributed by atoms with Gasteiger partial charge in [-0.05, 0) is 11.0 Å². The number of aromatic amines is 1. The van der Waals surface area contributed by atoms with Crippen molar-refractivity contribution in [3.05, 3.63) is 37.7 Å². The Morgan fingerprint density at radius 3 is 2.60 bits per heavy atom. The van der Waals surface area contributed by atoms with Crippen LogP contribution >= 0.6 is 15.9 Å². The number of halogens is 3. The van der Waals surface area contributed by atoms with E-state index in [9.17, 15) is 23.7 Å². The van der Waals surface area contributed by atoms with Crippen molar-refractivity contribution in [1.29, 1.82) is 0 Å². The van der Waals surface area contributed by atoms with E-state index in [1.807, 2.05) is 4.98 Å². The average molecular weight is 283 g/mol. The van der Waals surface area contributed by atoms with Gasteiger partial charge in [-0.25, -0.2) is 18.6 Å². The first kappa shape index (κ1) is 11.8. The largest absolute Gasteiger partial charge is 0.358 e. The average Bonchev–Trinajstić information content (AvgIpc) is 2.16. The summed E-state index contributed by atoms with van der Waals surface area (Å²) in [7, 11) is 0. The smallest absolute Gasteiger partial charge is 0.335 e. The number of rotatable bonds is 3. The van der Waals surface area contributed by atoms with Crippen LogP contribution in [0, 0.1) is 10.1 Å². The fourth-order valence-corrected chi connectivity index (χ4v) is 1.41. The number of aromatic nitrogens is 1. The standard InChI is InChI=1S/C7H5BrF2N2O3/c8-2-3-1-4(5(9)10)6(12(14)15)11-7(3)13/h1,5H,2H2,(H,11,13). The van der Waals surface area contributed by atoms with E-state index < -0.39 is 28.3 Å². The summed E-state index contributed by atoms with van der Waals surface area (Å²) in [5.74, 6) is -0.959. The second kappa shape index (κ2) is 4.47. The number of pyridine rings is 1. The van der Waals surface area contributed by atoms with Gasteiger partial charge in [0.2, 0.25) is 0 Å². The molecule has 0 saturated heterocycles. The first-order valence-corrected chi connectivity index (χ1v) is 4.84. The molecule has 1 aromatic heterocycles. The number of nitro groups is 1. The van der Waals surface area contributed by atoms with Crippen LogP contribution in [0.15, 0.2) is 10.9 Å². The van der Waals surface area contributed by atoms with Crippen LogP contribution in [0.5, 0.6) is 0 Å². The van der Waals surface area contributed by atoms with Gasteiger partial charge in [0, 0.05) is 5.33 Å². The van der Waals surface area contributed by atoms with E-state index in [1.54, 1.807) is 0 Å². The Hall–Kier alpha value is -1.31. The highest BCUT2D eigenvalue weighted by Gasteiger charge is 2.23. The summed E-state index contributed by atoms with van der Waals surface area (Å²) in [4.78, 5) is 22.3. The molecule has 0 aliphatic rings. The van der Waals surface area contributed by atoms with Gasteiger partial charge in [-0.2, -0.15) is 0 Å². The van der Waals surface area contributed by atoms with Crippen LogP contribution in [0.25, 0.3) is 0 Å². The molecule has 1 aromatic rings. The quantitative estimate of drug-likeness (QED) is 0.524. The van der Waals surface area contributed by atoms with Crippen molar-refractivity contribution in [2.24, 2.45) is 0 Å². The molecule has 0 amide bonds. The predicted octanol–water partition coefficient (Wildman–Crippen LogP) is 2.12. The second-order valence-corrected chi connectivity index (χ2v) is 3.18. The van der Waals surface area contributed by atoms with Crippen molar-refractivity contribution >= 4 is 21.7 Å². The van der Waals surface area contributed by atoms with E-state index in [0.717, 1.165) is 6.07 Å². The number of hydrogen-bond donors (Lipinski definition) is 1. The lowest BCUT2D eigenvalue weighted by molar-refractivity contribution is -0.391. The first-order valence-electron chi connectivity index (χ1n) is 3.72. The van der Waals surface area contributed by atoms with E-state index in [0.29, 0.717) is 0 Å². The highest BCUT2D eigenvalue weighted by atomic mass is 79.9. The Labute approximate surface area is 90.4 Å². The maximum absolute atomic E-state index is 12.4. The van der Waals surface area contributed by atoms with Gasteiger partial charge in [0.05, 0.1) is 5.56 Å². The molecular formula is C7H5BrF2N2O3. The minimum Gasteiger partial charge on any atom is -0.358 e. The summed E-state index contributed by atoms with van der Waals surface area (Å²) in [6.45, 7) is 0. The van der Waals surface area contributed by atoms with Gasteiger partial charge >= 0.3 is 11.4 Å². The van der Waals surface area contributed by atoms with Gasteiger partial charge in [0.25, 0.3) is 6.43 Å². The number of nitrogens with one attached hydrogen (secondary N) is 1. The van der Waals surface area contributed by atoms with Gasteiger partial charge in [0.15, 0.2) is 0 Å². The van der Waals surface area contributed by atoms with Gasteiger partial charge in [0.1, 0.15) is 5.56 Å². The van der Waals surface area contributed by atoms with Crippen molar-refractivity contribution in [1.82, 2.24) is 4.98 Å². The lowest BCUT2D eigenvalue weighted by Gasteiger charge is -2.03. The normalized spacial score (nSPS) is 10.7. The third-order valence-corrected chi connectivity index (χ3v) is 2.29. The number of hydrogen-bond acceptors (Lipinski definition) is 3. The van der Waals surface area contributed by atoms with Crippen LogP contribution < -0.4 is 5.56 Å². The summed E-state index contributed by atoms with van der Waals surface area (Å²) in [5.41, 5.74) is -1.51. The molecule has 1 N–H and O–H groups in total. The zero-order chi connectivity index (χ0) is 11.6. The van der Waals surface area contributed by atoms with E-state index >= 15 is 0 Å². The summed E-state index contributed by atoms with van der Waals surface area (Å²) >= 11 is 2.92.